The summed E-state index contributed by atoms with van der Waals surface area (Å²) >= 11 is 1.61. The van der Waals surface area contributed by atoms with Gasteiger partial charge in [0.1, 0.15) is 6.61 Å². The third kappa shape index (κ3) is 3.38. The molecule has 0 unspecified atom stereocenters. The molecule has 35 heavy (non-hydrogen) atoms. The summed E-state index contributed by atoms with van der Waals surface area (Å²) < 4.78 is 6.76. The molecule has 176 valence electrons. The molecule has 0 fully saturated rings. The van der Waals surface area contributed by atoms with E-state index in [-0.39, 0.29) is 18.6 Å². The zero-order chi connectivity index (χ0) is 24.2. The van der Waals surface area contributed by atoms with Gasteiger partial charge in [0, 0.05) is 27.0 Å². The van der Waals surface area contributed by atoms with E-state index >= 15 is 0 Å². The topological polar surface area (TPSA) is 103 Å². The molecule has 0 saturated carbocycles. The third-order valence-electron chi connectivity index (χ3n) is 6.62. The molecule has 0 bridgehead atoms. The van der Waals surface area contributed by atoms with E-state index in [9.17, 15) is 14.7 Å². The Bertz CT molecular complexity index is 1570. The van der Waals surface area contributed by atoms with Crippen molar-refractivity contribution < 1.29 is 19.5 Å². The van der Waals surface area contributed by atoms with Gasteiger partial charge in [-0.15, -0.1) is 11.3 Å². The van der Waals surface area contributed by atoms with Gasteiger partial charge in [-0.3, -0.25) is 4.79 Å². The van der Waals surface area contributed by atoms with Crippen LogP contribution in [0.15, 0.2) is 57.8 Å². The smallest absolute Gasteiger partial charge is 0.343 e. The quantitative estimate of drug-likeness (QED) is 0.230. The van der Waals surface area contributed by atoms with Crippen molar-refractivity contribution in [2.45, 2.75) is 38.7 Å². The van der Waals surface area contributed by atoms with Crippen LogP contribution in [0.5, 0.6) is 0 Å². The van der Waals surface area contributed by atoms with Crippen molar-refractivity contribution in [1.82, 2.24) is 9.55 Å². The molecule has 2 aliphatic heterocycles. The molecule has 3 aromatic heterocycles. The maximum atomic E-state index is 13.3. The van der Waals surface area contributed by atoms with Gasteiger partial charge >= 0.3 is 5.97 Å². The fraction of sp³-hybridized carbons (Fsp3) is 0.231. The number of oxime groups is 1. The van der Waals surface area contributed by atoms with E-state index in [4.69, 9.17) is 14.6 Å². The number of fused-ring (bicyclic) bond motifs is 5. The zero-order valence-electron chi connectivity index (χ0n) is 18.9. The lowest BCUT2D eigenvalue weighted by molar-refractivity contribution is -0.172. The number of hydrogen-bond acceptors (Lipinski definition) is 8. The average molecular weight is 488 g/mol. The number of hydrogen-bond donors (Lipinski definition) is 1. The molecule has 1 aromatic carbocycles. The molecule has 8 nitrogen and oxygen atoms in total. The fourth-order valence-corrected chi connectivity index (χ4v) is 5.33. The van der Waals surface area contributed by atoms with Crippen molar-refractivity contribution in [1.29, 1.82) is 0 Å². The summed E-state index contributed by atoms with van der Waals surface area (Å²) in [6.45, 7) is 2.30. The Morgan fingerprint density at radius 1 is 1.29 bits per heavy atom. The number of aromatic nitrogens is 2. The number of thiophene rings is 1. The Labute approximate surface area is 204 Å². The first-order valence-corrected chi connectivity index (χ1v) is 12.1. The summed E-state index contributed by atoms with van der Waals surface area (Å²) in [4.78, 5) is 37.1. The summed E-state index contributed by atoms with van der Waals surface area (Å²) in [5, 5.41) is 18.1. The van der Waals surface area contributed by atoms with Crippen LogP contribution in [0, 0.1) is 0 Å². The Kier molecular flexibility index (Phi) is 5.05. The van der Waals surface area contributed by atoms with Gasteiger partial charge in [-0.05, 0) is 30.0 Å². The van der Waals surface area contributed by atoms with Gasteiger partial charge in [0.05, 0.1) is 35.2 Å². The highest BCUT2D eigenvalue weighted by Gasteiger charge is 2.45. The molecule has 0 amide bonds. The number of carbonyl (C=O) groups excluding carboxylic acids is 1. The molecule has 0 radical (unpaired) electrons. The Hall–Kier alpha value is -3.82. The molecule has 0 aliphatic carbocycles. The number of nitrogens with zero attached hydrogens (tertiary/aromatic N) is 3. The van der Waals surface area contributed by atoms with E-state index in [1.54, 1.807) is 35.1 Å². The first-order valence-electron chi connectivity index (χ1n) is 11.3. The second-order valence-electron chi connectivity index (χ2n) is 8.61. The molecule has 6 rings (SSSR count). The second-order valence-corrected chi connectivity index (χ2v) is 9.64. The van der Waals surface area contributed by atoms with Crippen LogP contribution in [-0.4, -0.2) is 26.8 Å². The SMILES string of the molecule is CC[C@@]1(O)C(=O)OCc2c1cc1n(c2=O)Cc2cc3cccc(/C=N/OCc4cccs4)c3nc2-1. The van der Waals surface area contributed by atoms with E-state index < -0.39 is 11.6 Å². The van der Waals surface area contributed by atoms with Crippen molar-refractivity contribution >= 4 is 34.4 Å². The second kappa shape index (κ2) is 8.14. The number of cyclic esters (lactones) is 1. The fourth-order valence-electron chi connectivity index (χ4n) is 4.72. The van der Waals surface area contributed by atoms with Crippen molar-refractivity contribution in [3.8, 4) is 11.4 Å². The van der Waals surface area contributed by atoms with E-state index in [1.807, 2.05) is 41.8 Å². The minimum atomic E-state index is -1.85. The zero-order valence-corrected chi connectivity index (χ0v) is 19.7. The maximum absolute atomic E-state index is 13.3. The van der Waals surface area contributed by atoms with E-state index in [1.165, 1.54) is 0 Å². The number of benzene rings is 1. The van der Waals surface area contributed by atoms with Crippen LogP contribution in [0.25, 0.3) is 22.3 Å². The Morgan fingerprint density at radius 2 is 2.17 bits per heavy atom. The molecule has 9 heteroatoms. The van der Waals surface area contributed by atoms with Crippen molar-refractivity contribution in [2.75, 3.05) is 0 Å². The third-order valence-corrected chi connectivity index (χ3v) is 7.47. The molecule has 5 heterocycles. The summed E-state index contributed by atoms with van der Waals surface area (Å²) in [7, 11) is 0. The summed E-state index contributed by atoms with van der Waals surface area (Å²) in [5.74, 6) is -0.734. The van der Waals surface area contributed by atoms with Crippen LogP contribution in [0.4, 0.5) is 0 Å². The van der Waals surface area contributed by atoms with E-state index in [0.717, 1.165) is 26.9 Å². The summed E-state index contributed by atoms with van der Waals surface area (Å²) in [6.07, 6.45) is 1.74. The van der Waals surface area contributed by atoms with Gasteiger partial charge in [0.25, 0.3) is 5.56 Å². The maximum Gasteiger partial charge on any atom is 0.343 e. The first kappa shape index (κ1) is 21.7. The molecule has 0 saturated heterocycles. The molecule has 4 aromatic rings. The van der Waals surface area contributed by atoms with Gasteiger partial charge in [-0.1, -0.05) is 36.3 Å². The van der Waals surface area contributed by atoms with Gasteiger partial charge < -0.3 is 19.2 Å². The Morgan fingerprint density at radius 3 is 2.97 bits per heavy atom. The molecular formula is C26H21N3O5S. The predicted molar refractivity (Wildman–Crippen MR) is 131 cm³/mol. The minimum absolute atomic E-state index is 0.103. The van der Waals surface area contributed by atoms with Crippen LogP contribution in [0.2, 0.25) is 0 Å². The molecule has 1 atom stereocenters. The lowest BCUT2D eigenvalue weighted by Gasteiger charge is -2.31. The first-order chi connectivity index (χ1) is 17.0. The number of pyridine rings is 2. The number of aliphatic hydroxyl groups is 1. The predicted octanol–water partition coefficient (Wildman–Crippen LogP) is 3.69. The summed E-state index contributed by atoms with van der Waals surface area (Å²) in [5.41, 5.74) is 2.12. The Balaban J connectivity index is 1.43. The molecular weight excluding hydrogens is 466 g/mol. The van der Waals surface area contributed by atoms with Crippen LogP contribution < -0.4 is 5.56 Å². The number of ether oxygens (including phenoxy) is 1. The van der Waals surface area contributed by atoms with Gasteiger partial charge in [0.2, 0.25) is 0 Å². The highest BCUT2D eigenvalue weighted by atomic mass is 32.1. The minimum Gasteiger partial charge on any atom is -0.458 e. The van der Waals surface area contributed by atoms with E-state index in [0.29, 0.717) is 35.7 Å². The van der Waals surface area contributed by atoms with E-state index in [2.05, 4.69) is 5.16 Å². The molecule has 2 aliphatic rings. The summed E-state index contributed by atoms with van der Waals surface area (Å²) in [6, 6.07) is 13.5. The highest BCUT2D eigenvalue weighted by Crippen LogP contribution is 2.38. The van der Waals surface area contributed by atoms with Crippen LogP contribution in [-0.2, 0) is 39.7 Å². The van der Waals surface area contributed by atoms with Crippen molar-refractivity contribution in [2.24, 2.45) is 5.16 Å². The monoisotopic (exact) mass is 487 g/mol. The largest absolute Gasteiger partial charge is 0.458 e. The van der Waals surface area contributed by atoms with Crippen LogP contribution in [0.1, 0.15) is 40.5 Å². The lowest BCUT2D eigenvalue weighted by atomic mass is 9.86. The molecule has 0 spiro atoms. The average Bonchev–Trinajstić information content (AvgIpc) is 3.51. The van der Waals surface area contributed by atoms with Crippen LogP contribution >= 0.6 is 11.3 Å². The lowest BCUT2D eigenvalue weighted by Crippen LogP contribution is -2.44. The standard InChI is InChI=1S/C26H21N3O5S/c1-2-26(32)20-10-21-23-17(12-29(21)24(30)19(20)14-33-25(26)31)9-15-5-3-6-16(22(15)28-23)11-27-34-13-18-7-4-8-35-18/h3-11,32H,2,12-14H2,1H3/b27-11+/t26-/m0/s1. The number of esters is 1. The van der Waals surface area contributed by atoms with Crippen LogP contribution in [0.3, 0.4) is 0 Å². The highest BCUT2D eigenvalue weighted by molar-refractivity contribution is 7.09. The normalized spacial score (nSPS) is 18.4. The number of carbonyl (C=O) groups is 1. The van der Waals surface area contributed by atoms with Crippen molar-refractivity contribution in [3.05, 3.63) is 85.3 Å². The van der Waals surface area contributed by atoms with Gasteiger partial charge in [-0.25, -0.2) is 9.78 Å². The van der Waals surface area contributed by atoms with Gasteiger partial charge in [-0.2, -0.15) is 0 Å². The molecule has 1 N–H and O–H groups in total. The number of rotatable bonds is 5. The number of para-hydroxylation sites is 1. The van der Waals surface area contributed by atoms with Crippen molar-refractivity contribution in [3.63, 3.8) is 0 Å². The van der Waals surface area contributed by atoms with Gasteiger partial charge in [0.15, 0.2) is 12.2 Å².